The van der Waals surface area contributed by atoms with Gasteiger partial charge in [-0.05, 0) is 30.5 Å². The molecule has 86 valence electrons. The van der Waals surface area contributed by atoms with Gasteiger partial charge in [0.25, 0.3) is 0 Å². The van der Waals surface area contributed by atoms with E-state index in [9.17, 15) is 0 Å². The fraction of sp³-hybridized carbons (Fsp3) is 0.417. The van der Waals surface area contributed by atoms with Crippen molar-refractivity contribution in [2.45, 2.75) is 25.8 Å². The highest BCUT2D eigenvalue weighted by Gasteiger charge is 2.15. The lowest BCUT2D eigenvalue weighted by Gasteiger charge is -2.15. The number of aryl methyl sites for hydroxylation is 1. The van der Waals surface area contributed by atoms with Gasteiger partial charge in [-0.3, -0.25) is 0 Å². The second-order valence-corrected chi connectivity index (χ2v) is 5.56. The van der Waals surface area contributed by atoms with Crippen molar-refractivity contribution in [3.05, 3.63) is 38.5 Å². The van der Waals surface area contributed by atoms with Crippen LogP contribution in [0.4, 0.5) is 0 Å². The number of thiazole rings is 1. The fourth-order valence-corrected chi connectivity index (χ4v) is 3.57. The number of nitrogens with one attached hydrogen (secondary N) is 1. The first kappa shape index (κ1) is 11.8. The molecule has 0 aliphatic heterocycles. The highest BCUT2D eigenvalue weighted by atomic mass is 32.1. The van der Waals surface area contributed by atoms with E-state index in [4.69, 9.17) is 0 Å². The molecule has 2 aromatic heterocycles. The Balaban J connectivity index is 2.16. The average Bonchev–Trinajstić information content (AvgIpc) is 2.96. The van der Waals surface area contributed by atoms with Gasteiger partial charge in [0.15, 0.2) is 0 Å². The molecule has 0 aliphatic rings. The van der Waals surface area contributed by atoms with Gasteiger partial charge in [-0.25, -0.2) is 4.98 Å². The van der Waals surface area contributed by atoms with Gasteiger partial charge in [-0.15, -0.1) is 22.7 Å². The van der Waals surface area contributed by atoms with E-state index in [1.165, 1.54) is 15.4 Å². The fourth-order valence-electron chi connectivity index (χ4n) is 1.80. The van der Waals surface area contributed by atoms with Gasteiger partial charge in [-0.2, -0.15) is 0 Å². The molecule has 2 nitrogen and oxygen atoms in total. The molecule has 2 aromatic rings. The Morgan fingerprint density at radius 1 is 1.38 bits per heavy atom. The Morgan fingerprint density at radius 2 is 2.25 bits per heavy atom. The summed E-state index contributed by atoms with van der Waals surface area (Å²) < 4.78 is 0. The molecule has 0 saturated carbocycles. The number of nitrogens with zero attached hydrogens (tertiary/aromatic N) is 1. The molecule has 1 atom stereocenters. The van der Waals surface area contributed by atoms with Crippen LogP contribution >= 0.6 is 22.7 Å². The molecular formula is C12H16N2S2. The Morgan fingerprint density at radius 3 is 2.88 bits per heavy atom. The van der Waals surface area contributed by atoms with Crippen molar-refractivity contribution in [2.24, 2.45) is 0 Å². The van der Waals surface area contributed by atoms with Crippen LogP contribution in [0.5, 0.6) is 0 Å². The van der Waals surface area contributed by atoms with Gasteiger partial charge < -0.3 is 5.32 Å². The lowest BCUT2D eigenvalue weighted by atomic mass is 10.1. The van der Waals surface area contributed by atoms with Crippen LogP contribution in [0.25, 0.3) is 0 Å². The van der Waals surface area contributed by atoms with Crippen molar-refractivity contribution in [3.63, 3.8) is 0 Å². The third-order valence-corrected chi connectivity index (χ3v) is 4.56. The summed E-state index contributed by atoms with van der Waals surface area (Å²) in [4.78, 5) is 5.81. The van der Waals surface area contributed by atoms with E-state index in [0.29, 0.717) is 6.04 Å². The first-order valence-electron chi connectivity index (χ1n) is 5.47. The number of hydrogen-bond acceptors (Lipinski definition) is 4. The number of thiophene rings is 1. The van der Waals surface area contributed by atoms with E-state index in [-0.39, 0.29) is 0 Å². The first-order valence-corrected chi connectivity index (χ1v) is 7.23. The van der Waals surface area contributed by atoms with Crippen LogP contribution in [0.15, 0.2) is 23.0 Å². The molecule has 1 N–H and O–H groups in total. The molecule has 0 spiro atoms. The second-order valence-electron chi connectivity index (χ2n) is 3.63. The molecule has 0 bridgehead atoms. The third-order valence-electron chi connectivity index (χ3n) is 2.69. The highest BCUT2D eigenvalue weighted by Crippen LogP contribution is 2.27. The van der Waals surface area contributed by atoms with Crippen LogP contribution in [0, 0.1) is 0 Å². The molecule has 0 fully saturated rings. The van der Waals surface area contributed by atoms with E-state index in [1.54, 1.807) is 11.3 Å². The number of aromatic nitrogens is 1. The monoisotopic (exact) mass is 252 g/mol. The summed E-state index contributed by atoms with van der Waals surface area (Å²) in [5.41, 5.74) is 1.46. The van der Waals surface area contributed by atoms with Crippen LogP contribution < -0.4 is 5.32 Å². The lowest BCUT2D eigenvalue weighted by molar-refractivity contribution is 0.596. The Bertz CT molecular complexity index is 420. The standard InChI is InChI=1S/C12H16N2S2/c1-3-9-4-6-16-12(9)10(13-2)8-11-14-5-7-15-11/h4-7,10,13H,3,8H2,1-2H3. The average molecular weight is 252 g/mol. The zero-order valence-electron chi connectivity index (χ0n) is 9.56. The van der Waals surface area contributed by atoms with Crippen LogP contribution in [0.2, 0.25) is 0 Å². The van der Waals surface area contributed by atoms with Crippen LogP contribution in [-0.2, 0) is 12.8 Å². The summed E-state index contributed by atoms with van der Waals surface area (Å²) >= 11 is 3.57. The molecule has 2 heterocycles. The summed E-state index contributed by atoms with van der Waals surface area (Å²) in [6.45, 7) is 2.21. The molecule has 0 radical (unpaired) electrons. The maximum Gasteiger partial charge on any atom is 0.0944 e. The molecule has 16 heavy (non-hydrogen) atoms. The summed E-state index contributed by atoms with van der Waals surface area (Å²) in [6, 6.07) is 2.63. The molecule has 1 unspecified atom stereocenters. The largest absolute Gasteiger partial charge is 0.312 e. The van der Waals surface area contributed by atoms with Gasteiger partial charge >= 0.3 is 0 Å². The van der Waals surface area contributed by atoms with Gasteiger partial charge in [0.2, 0.25) is 0 Å². The molecule has 0 aliphatic carbocycles. The number of hydrogen-bond donors (Lipinski definition) is 1. The Kier molecular flexibility index (Phi) is 4.09. The Labute approximate surface area is 104 Å². The van der Waals surface area contributed by atoms with Gasteiger partial charge in [0, 0.05) is 28.9 Å². The normalized spacial score (nSPS) is 12.9. The van der Waals surface area contributed by atoms with Crippen molar-refractivity contribution in [2.75, 3.05) is 7.05 Å². The van der Waals surface area contributed by atoms with E-state index in [2.05, 4.69) is 28.7 Å². The van der Waals surface area contributed by atoms with Crippen molar-refractivity contribution in [1.82, 2.24) is 10.3 Å². The van der Waals surface area contributed by atoms with Crippen molar-refractivity contribution in [1.29, 1.82) is 0 Å². The smallest absolute Gasteiger partial charge is 0.0944 e. The minimum absolute atomic E-state index is 0.404. The van der Waals surface area contributed by atoms with Gasteiger partial charge in [0.1, 0.15) is 0 Å². The van der Waals surface area contributed by atoms with Crippen molar-refractivity contribution >= 4 is 22.7 Å². The molecule has 0 saturated heterocycles. The zero-order chi connectivity index (χ0) is 11.4. The number of likely N-dealkylation sites (N-methyl/N-ethyl adjacent to an activating group) is 1. The highest BCUT2D eigenvalue weighted by molar-refractivity contribution is 7.10. The van der Waals surface area contributed by atoms with Crippen molar-refractivity contribution in [3.8, 4) is 0 Å². The molecule has 0 amide bonds. The maximum atomic E-state index is 4.35. The van der Waals surface area contributed by atoms with Crippen LogP contribution in [-0.4, -0.2) is 12.0 Å². The first-order chi connectivity index (χ1) is 7.85. The van der Waals surface area contributed by atoms with E-state index in [0.717, 1.165) is 12.8 Å². The molecule has 2 rings (SSSR count). The lowest BCUT2D eigenvalue weighted by Crippen LogP contribution is -2.18. The molecular weight excluding hydrogens is 236 g/mol. The summed E-state index contributed by atoms with van der Waals surface area (Å²) in [5.74, 6) is 0. The van der Waals surface area contributed by atoms with Crippen molar-refractivity contribution < 1.29 is 0 Å². The SMILES string of the molecule is CCc1ccsc1C(Cc1nccs1)NC. The van der Waals surface area contributed by atoms with E-state index in [1.807, 2.05) is 30.0 Å². The Hall–Kier alpha value is -0.710. The minimum Gasteiger partial charge on any atom is -0.312 e. The molecule has 4 heteroatoms. The van der Waals surface area contributed by atoms with Crippen LogP contribution in [0.1, 0.15) is 28.4 Å². The maximum absolute atomic E-state index is 4.35. The topological polar surface area (TPSA) is 24.9 Å². The predicted molar refractivity (Wildman–Crippen MR) is 71.3 cm³/mol. The van der Waals surface area contributed by atoms with Crippen LogP contribution in [0.3, 0.4) is 0 Å². The summed E-state index contributed by atoms with van der Waals surface area (Å²) in [5, 5.41) is 8.82. The summed E-state index contributed by atoms with van der Waals surface area (Å²) in [7, 11) is 2.03. The predicted octanol–water partition coefficient (Wildman–Crippen LogP) is 3.27. The van der Waals surface area contributed by atoms with Gasteiger partial charge in [0.05, 0.1) is 5.01 Å². The van der Waals surface area contributed by atoms with Gasteiger partial charge in [-0.1, -0.05) is 6.92 Å². The quantitative estimate of drug-likeness (QED) is 0.883. The minimum atomic E-state index is 0.404. The zero-order valence-corrected chi connectivity index (χ0v) is 11.2. The molecule has 0 aromatic carbocycles. The van der Waals surface area contributed by atoms with E-state index < -0.39 is 0 Å². The van der Waals surface area contributed by atoms with E-state index >= 15 is 0 Å². The number of rotatable bonds is 5. The third kappa shape index (κ3) is 2.51. The second kappa shape index (κ2) is 5.57. The summed E-state index contributed by atoms with van der Waals surface area (Å²) in [6.07, 6.45) is 3.97.